The maximum atomic E-state index is 12.4. The predicted molar refractivity (Wildman–Crippen MR) is 181 cm³/mol. The zero-order valence-corrected chi connectivity index (χ0v) is 30.9. The molecule has 6 atom stereocenters. The third kappa shape index (κ3) is 16.6. The van der Waals surface area contributed by atoms with Crippen LogP contribution in [0.25, 0.3) is 0 Å². The van der Waals surface area contributed by atoms with Crippen LogP contribution in [0.5, 0.6) is 5.75 Å². The van der Waals surface area contributed by atoms with Gasteiger partial charge in [0.2, 0.25) is 0 Å². The Morgan fingerprint density at radius 3 is 2.24 bits per heavy atom. The average Bonchev–Trinajstić information content (AvgIpc) is 2.88. The first-order chi connectivity index (χ1) is 19.8. The van der Waals surface area contributed by atoms with Crippen molar-refractivity contribution in [2.24, 2.45) is 0 Å². The molecule has 240 valence electrons. The zero-order chi connectivity index (χ0) is 31.2. The molecule has 0 aromatic heterocycles. The summed E-state index contributed by atoms with van der Waals surface area (Å²) in [6.07, 6.45) is 3.68. The Balaban J connectivity index is 2.16. The second kappa shape index (κ2) is 19.2. The van der Waals surface area contributed by atoms with Crippen LogP contribution in [0.1, 0.15) is 51.0 Å². The van der Waals surface area contributed by atoms with Crippen LogP contribution in [0.2, 0.25) is 39.3 Å². The summed E-state index contributed by atoms with van der Waals surface area (Å²) >= 11 is 4.29. The van der Waals surface area contributed by atoms with Crippen molar-refractivity contribution in [3.05, 3.63) is 29.8 Å². The first-order valence-corrected chi connectivity index (χ1v) is 24.5. The van der Waals surface area contributed by atoms with Gasteiger partial charge in [0.1, 0.15) is 5.75 Å². The van der Waals surface area contributed by atoms with Crippen LogP contribution in [-0.2, 0) is 39.1 Å². The van der Waals surface area contributed by atoms with Crippen LogP contribution < -0.4 is 4.74 Å². The molecule has 0 radical (unpaired) electrons. The number of benzene rings is 1. The van der Waals surface area contributed by atoms with Gasteiger partial charge < -0.3 is 32.5 Å². The van der Waals surface area contributed by atoms with Crippen LogP contribution in [0, 0.1) is 0 Å². The topological polar surface area (TPSA) is 81.7 Å². The van der Waals surface area contributed by atoms with Gasteiger partial charge >= 0.3 is 13.2 Å². The lowest BCUT2D eigenvalue weighted by Crippen LogP contribution is -2.45. The third-order valence-corrected chi connectivity index (χ3v) is 9.43. The molecule has 1 aromatic rings. The van der Waals surface area contributed by atoms with Crippen LogP contribution in [-0.4, -0.2) is 80.6 Å². The highest BCUT2D eigenvalue weighted by atomic mass is 32.7. The Hall–Kier alpha value is -0.431. The van der Waals surface area contributed by atoms with E-state index in [1.165, 1.54) is 0 Å². The second-order valence-electron chi connectivity index (χ2n) is 12.8. The van der Waals surface area contributed by atoms with Gasteiger partial charge in [0.15, 0.2) is 16.6 Å². The number of hydrogen-bond donors (Lipinski definition) is 1. The predicted octanol–water partition coefficient (Wildman–Crippen LogP) is 6.50. The van der Waals surface area contributed by atoms with Crippen molar-refractivity contribution in [2.75, 3.05) is 20.3 Å². The Bertz CT molecular complexity index is 903. The molecule has 0 saturated carbocycles. The Labute approximate surface area is 264 Å². The van der Waals surface area contributed by atoms with E-state index in [0.29, 0.717) is 41.1 Å². The number of hydrogen-bond acceptors (Lipinski definition) is 9. The first-order valence-electron chi connectivity index (χ1n) is 15.2. The summed E-state index contributed by atoms with van der Waals surface area (Å²) < 4.78 is 42.6. The first kappa shape index (κ1) is 37.8. The zero-order valence-electron chi connectivity index (χ0n) is 27.0. The lowest BCUT2D eigenvalue weighted by atomic mass is 9.93. The lowest BCUT2D eigenvalue weighted by molar-refractivity contribution is -0.147. The number of methoxy groups -OCH3 is 1. The quantitative estimate of drug-likeness (QED) is 0.0559. The summed E-state index contributed by atoms with van der Waals surface area (Å²) in [5.74, 6) is 0.600. The van der Waals surface area contributed by atoms with Crippen molar-refractivity contribution in [3.8, 4) is 5.75 Å². The molecule has 0 N–H and O–H groups in total. The summed E-state index contributed by atoms with van der Waals surface area (Å²) in [6, 6.07) is 7.96. The standard InChI is InChI=1S/C29H54BO8PSSi2/c1-9-33-29(31)20-28(38-42(6,7)8)19-26-18-27(37-41(3,4)5)17-25(36-26)16-24(14-15-35-30-39-40)34-21-22-10-12-23(32-2)13-11-22/h10-13,24-28,30,39-40H,9,14-21H2,1-8H3/t24-,25+,26+,27-,28+/m0/s1. The normalized spacial score (nSPS) is 21.3. The molecule has 1 heterocycles. The smallest absolute Gasteiger partial charge is 0.310 e. The van der Waals surface area contributed by atoms with Crippen molar-refractivity contribution in [2.45, 2.75) is 122 Å². The van der Waals surface area contributed by atoms with E-state index in [4.69, 9.17) is 32.5 Å². The maximum Gasteiger partial charge on any atom is 0.310 e. The van der Waals surface area contributed by atoms with Crippen LogP contribution in [0.15, 0.2) is 24.3 Å². The molecule has 0 bridgehead atoms. The molecule has 0 spiro atoms. The van der Waals surface area contributed by atoms with Crippen molar-refractivity contribution in [1.82, 2.24) is 0 Å². The number of rotatable bonds is 20. The molecule has 1 unspecified atom stereocenters. The van der Waals surface area contributed by atoms with Crippen LogP contribution in [0.4, 0.5) is 0 Å². The fourth-order valence-corrected chi connectivity index (χ4v) is 8.05. The average molecular weight is 661 g/mol. The monoisotopic (exact) mass is 660 g/mol. The number of thiol groups is 1. The molecule has 1 aromatic carbocycles. The van der Waals surface area contributed by atoms with Gasteiger partial charge in [0.25, 0.3) is 0 Å². The summed E-state index contributed by atoms with van der Waals surface area (Å²) in [5, 5.41) is 0. The van der Waals surface area contributed by atoms with E-state index in [-0.39, 0.29) is 42.9 Å². The maximum absolute atomic E-state index is 12.4. The Morgan fingerprint density at radius 1 is 1.05 bits per heavy atom. The summed E-state index contributed by atoms with van der Waals surface area (Å²) in [5.41, 5.74) is 1.09. The number of esters is 1. The summed E-state index contributed by atoms with van der Waals surface area (Å²) in [6.45, 7) is 16.4. The van der Waals surface area contributed by atoms with Gasteiger partial charge in [0.05, 0.1) is 51.2 Å². The molecule has 0 amide bonds. The SMILES string of the molecule is CCOC(=O)C[C@@H](C[C@H]1C[C@@H](O[Si](C)(C)C)C[C@@H](C[C@H](CCOBPS)OCc2ccc(OC)cc2)O1)O[Si](C)(C)C. The van der Waals surface area contributed by atoms with E-state index in [0.717, 1.165) is 37.0 Å². The molecule has 8 nitrogen and oxygen atoms in total. The molecule has 42 heavy (non-hydrogen) atoms. The van der Waals surface area contributed by atoms with Crippen molar-refractivity contribution in [1.29, 1.82) is 0 Å². The second-order valence-corrected chi connectivity index (χ2v) is 23.3. The van der Waals surface area contributed by atoms with E-state index in [9.17, 15) is 4.79 Å². The molecule has 1 saturated heterocycles. The fourth-order valence-electron chi connectivity index (χ4n) is 5.17. The van der Waals surface area contributed by atoms with Crippen molar-refractivity contribution < 1.29 is 37.2 Å². The van der Waals surface area contributed by atoms with Gasteiger partial charge in [0, 0.05) is 12.7 Å². The molecule has 1 aliphatic rings. The molecule has 1 fully saturated rings. The van der Waals surface area contributed by atoms with Gasteiger partial charge in [-0.05, 0) is 96.0 Å². The van der Waals surface area contributed by atoms with Gasteiger partial charge in [-0.15, -0.1) is 0 Å². The third-order valence-electron chi connectivity index (χ3n) is 6.62. The minimum absolute atomic E-state index is 0.0344. The Morgan fingerprint density at radius 2 is 1.69 bits per heavy atom. The number of carbonyl (C=O) groups excluding carboxylic acids is 1. The van der Waals surface area contributed by atoms with Crippen LogP contribution >= 0.6 is 19.9 Å². The molecular weight excluding hydrogens is 606 g/mol. The van der Waals surface area contributed by atoms with E-state index < -0.39 is 16.6 Å². The highest BCUT2D eigenvalue weighted by Crippen LogP contribution is 2.32. The molecule has 1 aliphatic heterocycles. The van der Waals surface area contributed by atoms with Gasteiger partial charge in [-0.2, -0.15) is 12.2 Å². The molecule has 0 aliphatic carbocycles. The number of carbonyl (C=O) groups is 1. The summed E-state index contributed by atoms with van der Waals surface area (Å²) in [7, 11) is -0.908. The minimum atomic E-state index is -1.90. The minimum Gasteiger partial charge on any atom is -0.497 e. The van der Waals surface area contributed by atoms with E-state index in [1.54, 1.807) is 7.11 Å². The van der Waals surface area contributed by atoms with Crippen molar-refractivity contribution >= 4 is 49.7 Å². The lowest BCUT2D eigenvalue weighted by Gasteiger charge is -2.40. The highest BCUT2D eigenvalue weighted by molar-refractivity contribution is 8.46. The molecular formula is C29H54BO8PSSi2. The van der Waals surface area contributed by atoms with Gasteiger partial charge in [-0.3, -0.25) is 4.79 Å². The van der Waals surface area contributed by atoms with E-state index >= 15 is 0 Å². The highest BCUT2D eigenvalue weighted by Gasteiger charge is 2.36. The van der Waals surface area contributed by atoms with Crippen molar-refractivity contribution in [3.63, 3.8) is 0 Å². The van der Waals surface area contributed by atoms with Gasteiger partial charge in [-0.1, -0.05) is 19.8 Å². The largest absolute Gasteiger partial charge is 0.497 e. The van der Waals surface area contributed by atoms with Gasteiger partial charge in [-0.25, -0.2) is 0 Å². The molecule has 2 rings (SSSR count). The van der Waals surface area contributed by atoms with Crippen LogP contribution in [0.3, 0.4) is 0 Å². The van der Waals surface area contributed by atoms with E-state index in [1.807, 2.05) is 31.2 Å². The fraction of sp³-hybridized carbons (Fsp3) is 0.759. The summed E-state index contributed by atoms with van der Waals surface area (Å²) in [4.78, 5) is 12.4. The number of ether oxygens (including phenoxy) is 4. The molecule has 13 heteroatoms. The van der Waals surface area contributed by atoms with E-state index in [2.05, 4.69) is 51.5 Å². The Kier molecular flexibility index (Phi) is 17.2.